The normalized spacial score (nSPS) is 12.7. The molecule has 0 saturated heterocycles. The molecule has 1 aromatic rings. The van der Waals surface area contributed by atoms with Gasteiger partial charge in [-0.25, -0.2) is 0 Å². The van der Waals surface area contributed by atoms with Crippen LogP contribution in [0.1, 0.15) is 12.0 Å². The molecule has 1 unspecified atom stereocenters. The summed E-state index contributed by atoms with van der Waals surface area (Å²) in [5.74, 6) is 0.276. The third kappa shape index (κ3) is 4.13. The minimum atomic E-state index is 0.0273. The summed E-state index contributed by atoms with van der Waals surface area (Å²) in [6, 6.07) is 10.0. The van der Waals surface area contributed by atoms with Gasteiger partial charge >= 0.3 is 0 Å². The zero-order valence-corrected chi connectivity index (χ0v) is 9.51. The Morgan fingerprint density at radius 3 is 2.25 bits per heavy atom. The van der Waals surface area contributed by atoms with Crippen molar-refractivity contribution in [3.8, 4) is 0 Å². The maximum absolute atomic E-state index is 11.0. The lowest BCUT2D eigenvalue weighted by molar-refractivity contribution is -0.111. The lowest BCUT2D eigenvalue weighted by atomic mass is 9.90. The predicted molar refractivity (Wildman–Crippen MR) is 65.9 cm³/mol. The summed E-state index contributed by atoms with van der Waals surface area (Å²) in [5.41, 5.74) is 12.4. The van der Waals surface area contributed by atoms with Gasteiger partial charge in [0, 0.05) is 5.92 Å². The lowest BCUT2D eigenvalue weighted by Gasteiger charge is -2.16. The highest BCUT2D eigenvalue weighted by Crippen LogP contribution is 2.14. The SMILES string of the molecule is NCC(CN)CC(C=O)Cc1ccccc1. The summed E-state index contributed by atoms with van der Waals surface area (Å²) in [6.07, 6.45) is 2.58. The van der Waals surface area contributed by atoms with Crippen LogP contribution < -0.4 is 11.5 Å². The average Bonchev–Trinajstić information content (AvgIpc) is 2.35. The Morgan fingerprint density at radius 2 is 1.75 bits per heavy atom. The second-order valence-corrected chi connectivity index (χ2v) is 4.16. The van der Waals surface area contributed by atoms with Crippen LogP contribution >= 0.6 is 0 Å². The Morgan fingerprint density at radius 1 is 1.12 bits per heavy atom. The first-order valence-electron chi connectivity index (χ1n) is 5.69. The third-order valence-electron chi connectivity index (χ3n) is 2.84. The Hall–Kier alpha value is -1.19. The maximum Gasteiger partial charge on any atom is 0.123 e. The van der Waals surface area contributed by atoms with Gasteiger partial charge in [0.1, 0.15) is 6.29 Å². The summed E-state index contributed by atoms with van der Waals surface area (Å²) >= 11 is 0. The molecule has 0 aromatic heterocycles. The number of hydrogen-bond donors (Lipinski definition) is 2. The highest BCUT2D eigenvalue weighted by atomic mass is 16.1. The molecule has 0 heterocycles. The fraction of sp³-hybridized carbons (Fsp3) is 0.462. The number of nitrogens with two attached hydrogens (primary N) is 2. The van der Waals surface area contributed by atoms with Crippen molar-refractivity contribution < 1.29 is 4.79 Å². The number of hydrogen-bond acceptors (Lipinski definition) is 3. The Bertz CT molecular complexity index is 296. The van der Waals surface area contributed by atoms with Crippen molar-refractivity contribution in [1.82, 2.24) is 0 Å². The largest absolute Gasteiger partial charge is 0.330 e. The molecular formula is C13H20N2O. The first-order valence-corrected chi connectivity index (χ1v) is 5.69. The van der Waals surface area contributed by atoms with Gasteiger partial charge in [0.05, 0.1) is 0 Å². The van der Waals surface area contributed by atoms with E-state index in [2.05, 4.69) is 0 Å². The van der Waals surface area contributed by atoms with Crippen molar-refractivity contribution in [3.05, 3.63) is 35.9 Å². The smallest absolute Gasteiger partial charge is 0.123 e. The van der Waals surface area contributed by atoms with Crippen LogP contribution in [0.4, 0.5) is 0 Å². The van der Waals surface area contributed by atoms with Crippen LogP contribution in [0.15, 0.2) is 30.3 Å². The fourth-order valence-corrected chi connectivity index (χ4v) is 1.82. The molecule has 3 heteroatoms. The first kappa shape index (κ1) is 12.9. The van der Waals surface area contributed by atoms with Crippen LogP contribution in [0, 0.1) is 11.8 Å². The third-order valence-corrected chi connectivity index (χ3v) is 2.84. The lowest BCUT2D eigenvalue weighted by Crippen LogP contribution is -2.26. The van der Waals surface area contributed by atoms with Crippen molar-refractivity contribution in [2.24, 2.45) is 23.3 Å². The summed E-state index contributed by atoms with van der Waals surface area (Å²) < 4.78 is 0. The zero-order valence-electron chi connectivity index (χ0n) is 9.51. The molecule has 0 saturated carbocycles. The molecule has 0 aliphatic rings. The van der Waals surface area contributed by atoms with Gasteiger partial charge in [-0.15, -0.1) is 0 Å². The van der Waals surface area contributed by atoms with Crippen molar-refractivity contribution in [3.63, 3.8) is 0 Å². The van der Waals surface area contributed by atoms with Gasteiger partial charge in [-0.2, -0.15) is 0 Å². The Balaban J connectivity index is 2.52. The summed E-state index contributed by atoms with van der Waals surface area (Å²) in [4.78, 5) is 11.0. The quantitative estimate of drug-likeness (QED) is 0.673. The van der Waals surface area contributed by atoms with Gasteiger partial charge in [-0.1, -0.05) is 30.3 Å². The highest BCUT2D eigenvalue weighted by molar-refractivity contribution is 5.54. The van der Waals surface area contributed by atoms with Crippen LogP contribution in [-0.2, 0) is 11.2 Å². The molecule has 88 valence electrons. The van der Waals surface area contributed by atoms with Crippen molar-refractivity contribution in [2.45, 2.75) is 12.8 Å². The van der Waals surface area contributed by atoms with Crippen LogP contribution in [0.5, 0.6) is 0 Å². The first-order chi connectivity index (χ1) is 7.80. The molecule has 4 N–H and O–H groups in total. The van der Waals surface area contributed by atoms with E-state index in [-0.39, 0.29) is 11.8 Å². The molecule has 0 fully saturated rings. The number of carbonyl (C=O) groups excluding carboxylic acids is 1. The van der Waals surface area contributed by atoms with E-state index in [4.69, 9.17) is 11.5 Å². The summed E-state index contributed by atoms with van der Waals surface area (Å²) in [7, 11) is 0. The average molecular weight is 220 g/mol. The van der Waals surface area contributed by atoms with Crippen LogP contribution in [0.25, 0.3) is 0 Å². The number of aldehydes is 1. The topological polar surface area (TPSA) is 69.1 Å². The van der Waals surface area contributed by atoms with Crippen molar-refractivity contribution >= 4 is 6.29 Å². The molecule has 0 aliphatic carbocycles. The van der Waals surface area contributed by atoms with Gasteiger partial charge in [-0.3, -0.25) is 0 Å². The standard InChI is InChI=1S/C13H20N2O/c14-8-13(9-15)7-12(10-16)6-11-4-2-1-3-5-11/h1-5,10,12-13H,6-9,14-15H2. The Labute approximate surface area is 96.8 Å². The highest BCUT2D eigenvalue weighted by Gasteiger charge is 2.14. The molecule has 1 atom stereocenters. The van der Waals surface area contributed by atoms with Gasteiger partial charge in [0.2, 0.25) is 0 Å². The van der Waals surface area contributed by atoms with Gasteiger partial charge in [0.15, 0.2) is 0 Å². The van der Waals surface area contributed by atoms with E-state index in [0.717, 1.165) is 19.1 Å². The van der Waals surface area contributed by atoms with E-state index in [1.165, 1.54) is 5.56 Å². The van der Waals surface area contributed by atoms with E-state index in [9.17, 15) is 4.79 Å². The second kappa shape index (κ2) is 7.14. The molecule has 1 rings (SSSR count). The molecular weight excluding hydrogens is 200 g/mol. The van der Waals surface area contributed by atoms with Gasteiger partial charge in [0.25, 0.3) is 0 Å². The van der Waals surface area contributed by atoms with Crippen LogP contribution in [0.3, 0.4) is 0 Å². The summed E-state index contributed by atoms with van der Waals surface area (Å²) in [6.45, 7) is 1.10. The van der Waals surface area contributed by atoms with Crippen molar-refractivity contribution in [1.29, 1.82) is 0 Å². The fourth-order valence-electron chi connectivity index (χ4n) is 1.82. The number of benzene rings is 1. The number of rotatable bonds is 7. The van der Waals surface area contributed by atoms with E-state index >= 15 is 0 Å². The number of carbonyl (C=O) groups is 1. The van der Waals surface area contributed by atoms with E-state index < -0.39 is 0 Å². The zero-order chi connectivity index (χ0) is 11.8. The predicted octanol–water partition coefficient (Wildman–Crippen LogP) is 0.968. The molecule has 1 aromatic carbocycles. The van der Waals surface area contributed by atoms with Gasteiger partial charge < -0.3 is 16.3 Å². The second-order valence-electron chi connectivity index (χ2n) is 4.16. The van der Waals surface area contributed by atoms with Crippen molar-refractivity contribution in [2.75, 3.05) is 13.1 Å². The molecule has 3 nitrogen and oxygen atoms in total. The van der Waals surface area contributed by atoms with Gasteiger partial charge in [-0.05, 0) is 37.4 Å². The monoisotopic (exact) mass is 220 g/mol. The minimum Gasteiger partial charge on any atom is -0.330 e. The summed E-state index contributed by atoms with van der Waals surface area (Å²) in [5, 5.41) is 0. The van der Waals surface area contributed by atoms with E-state index in [1.807, 2.05) is 30.3 Å². The molecule has 16 heavy (non-hydrogen) atoms. The molecule has 0 amide bonds. The van der Waals surface area contributed by atoms with E-state index in [1.54, 1.807) is 0 Å². The maximum atomic E-state index is 11.0. The molecule has 0 spiro atoms. The molecule has 0 radical (unpaired) electrons. The Kier molecular flexibility index (Phi) is 5.75. The molecule has 0 aliphatic heterocycles. The van der Waals surface area contributed by atoms with Crippen LogP contribution in [0.2, 0.25) is 0 Å². The molecule has 0 bridgehead atoms. The minimum absolute atomic E-state index is 0.0273. The van der Waals surface area contributed by atoms with E-state index in [0.29, 0.717) is 13.1 Å². The van der Waals surface area contributed by atoms with Crippen LogP contribution in [-0.4, -0.2) is 19.4 Å².